The smallest absolute Gasteiger partial charge is 0.443 e. The molecule has 0 saturated heterocycles. The van der Waals surface area contributed by atoms with Crippen molar-refractivity contribution >= 4 is 49.8 Å². The molecule has 0 unspecified atom stereocenters. The van der Waals surface area contributed by atoms with Crippen LogP contribution in [0.15, 0.2) is 12.4 Å². The number of rotatable bonds is 7. The zero-order valence-corrected chi connectivity index (χ0v) is 23.1. The first-order valence-corrected chi connectivity index (χ1v) is 15.1. The van der Waals surface area contributed by atoms with Gasteiger partial charge >= 0.3 is 19.3 Å². The first-order chi connectivity index (χ1) is 15.9. The van der Waals surface area contributed by atoms with Crippen molar-refractivity contribution in [1.29, 1.82) is 0 Å². The Hall–Kier alpha value is -2.48. The van der Waals surface area contributed by atoms with Crippen LogP contribution in [-0.2, 0) is 20.9 Å². The van der Waals surface area contributed by atoms with Crippen molar-refractivity contribution in [1.82, 2.24) is 14.5 Å². The molecule has 2 N–H and O–H groups in total. The number of fused-ring (bicyclic) bond motifs is 1. The van der Waals surface area contributed by atoms with Crippen LogP contribution in [0.4, 0.5) is 15.4 Å². The van der Waals surface area contributed by atoms with E-state index in [1.807, 2.05) is 0 Å². The zero-order valence-electron chi connectivity index (χ0n) is 22.1. The number of nitrogens with zero attached hydrogens (tertiary/aromatic N) is 4. The predicted octanol–water partition coefficient (Wildman–Crippen LogP) is 3.10. The van der Waals surface area contributed by atoms with Gasteiger partial charge in [-0.05, 0) is 53.7 Å². The largest absolute Gasteiger partial charge is 0.506 e. The Morgan fingerprint density at radius 1 is 1.03 bits per heavy atom. The van der Waals surface area contributed by atoms with Crippen molar-refractivity contribution < 1.29 is 33.8 Å². The number of carbonyl (C=O) groups is 2. The predicted molar refractivity (Wildman–Crippen MR) is 136 cm³/mol. The minimum absolute atomic E-state index is 0.00371. The van der Waals surface area contributed by atoms with E-state index >= 15 is 0 Å². The Labute approximate surface area is 207 Å². The standard InChI is InChI=1S/C22H37BN4O7Si/c1-21(2,3)33-19(28)27(20(29)34-22(4,5)6)18-15-12-16(23(30)31)26(17(15)24-13-25-18)14-32-10-11-35(7,8)9/h12-13,30-31H,10-11,14H2,1-9H3. The second-order valence-electron chi connectivity index (χ2n) is 11.4. The summed E-state index contributed by atoms with van der Waals surface area (Å²) in [6.45, 7) is 17.2. The van der Waals surface area contributed by atoms with Crippen LogP contribution in [-0.4, -0.2) is 69.8 Å². The highest BCUT2D eigenvalue weighted by molar-refractivity contribution is 6.76. The molecule has 0 aliphatic rings. The molecule has 0 spiro atoms. The fourth-order valence-corrected chi connectivity index (χ4v) is 3.75. The lowest BCUT2D eigenvalue weighted by Crippen LogP contribution is -2.44. The lowest BCUT2D eigenvalue weighted by atomic mass is 9.86. The molecule has 2 amide bonds. The van der Waals surface area contributed by atoms with E-state index in [9.17, 15) is 19.6 Å². The van der Waals surface area contributed by atoms with Gasteiger partial charge in [-0.1, -0.05) is 19.6 Å². The maximum absolute atomic E-state index is 13.1. The number of hydrogen-bond donors (Lipinski definition) is 2. The summed E-state index contributed by atoms with van der Waals surface area (Å²) in [5.41, 5.74) is -1.47. The molecule has 194 valence electrons. The van der Waals surface area contributed by atoms with Gasteiger partial charge in [0.1, 0.15) is 29.9 Å². The van der Waals surface area contributed by atoms with Crippen molar-refractivity contribution in [3.05, 3.63) is 12.4 Å². The number of ether oxygens (including phenoxy) is 3. The summed E-state index contributed by atoms with van der Waals surface area (Å²) in [7, 11) is -3.18. The molecule has 35 heavy (non-hydrogen) atoms. The van der Waals surface area contributed by atoms with E-state index in [4.69, 9.17) is 14.2 Å². The first-order valence-electron chi connectivity index (χ1n) is 11.4. The van der Waals surface area contributed by atoms with Crippen LogP contribution in [0.5, 0.6) is 0 Å². The third kappa shape index (κ3) is 8.30. The molecule has 2 aromatic heterocycles. The molecule has 2 rings (SSSR count). The molecule has 0 aliphatic heterocycles. The van der Waals surface area contributed by atoms with Gasteiger partial charge in [-0.2, -0.15) is 4.90 Å². The average molecular weight is 508 g/mol. The second kappa shape index (κ2) is 10.6. The number of imide groups is 1. The molecule has 0 bridgehead atoms. The highest BCUT2D eigenvalue weighted by Gasteiger charge is 2.36. The molecular formula is C22H37BN4O7Si. The van der Waals surface area contributed by atoms with Crippen LogP contribution in [0.25, 0.3) is 11.0 Å². The van der Waals surface area contributed by atoms with E-state index in [0.717, 1.165) is 6.04 Å². The van der Waals surface area contributed by atoms with Crippen molar-refractivity contribution in [2.24, 2.45) is 0 Å². The fraction of sp³-hybridized carbons (Fsp3) is 0.636. The topological polar surface area (TPSA) is 136 Å². The number of hydrogen-bond acceptors (Lipinski definition) is 9. The molecular weight excluding hydrogens is 471 g/mol. The molecule has 0 aliphatic carbocycles. The van der Waals surface area contributed by atoms with E-state index in [0.29, 0.717) is 11.5 Å². The minimum atomic E-state index is -1.85. The molecule has 13 heteroatoms. The van der Waals surface area contributed by atoms with Gasteiger partial charge in [0.05, 0.1) is 11.0 Å². The summed E-state index contributed by atoms with van der Waals surface area (Å²) in [5.74, 6) is -0.110. The van der Waals surface area contributed by atoms with Crippen molar-refractivity contribution in [3.63, 3.8) is 0 Å². The number of carbonyl (C=O) groups excluding carboxylic acids is 2. The Morgan fingerprint density at radius 2 is 1.57 bits per heavy atom. The highest BCUT2D eigenvalue weighted by Crippen LogP contribution is 2.27. The van der Waals surface area contributed by atoms with Gasteiger partial charge in [-0.25, -0.2) is 19.6 Å². The van der Waals surface area contributed by atoms with Gasteiger partial charge in [-0.15, -0.1) is 0 Å². The summed E-state index contributed by atoms with van der Waals surface area (Å²) in [6.07, 6.45) is -0.806. The molecule has 2 aromatic rings. The summed E-state index contributed by atoms with van der Waals surface area (Å²) in [6, 6.07) is 2.33. The average Bonchev–Trinajstić information content (AvgIpc) is 3.01. The zero-order chi connectivity index (χ0) is 26.8. The molecule has 0 radical (unpaired) electrons. The number of anilines is 1. The Kier molecular flexibility index (Phi) is 8.75. The summed E-state index contributed by atoms with van der Waals surface area (Å²) in [4.78, 5) is 35.2. The van der Waals surface area contributed by atoms with Crippen LogP contribution < -0.4 is 10.5 Å². The minimum Gasteiger partial charge on any atom is -0.443 e. The maximum atomic E-state index is 13.1. The monoisotopic (exact) mass is 508 g/mol. The first kappa shape index (κ1) is 28.8. The van der Waals surface area contributed by atoms with Crippen LogP contribution in [0.2, 0.25) is 25.7 Å². The Morgan fingerprint density at radius 3 is 2.03 bits per heavy atom. The van der Waals surface area contributed by atoms with Crippen LogP contribution in [0, 0.1) is 0 Å². The van der Waals surface area contributed by atoms with Crippen LogP contribution in [0.3, 0.4) is 0 Å². The van der Waals surface area contributed by atoms with Crippen LogP contribution in [0.1, 0.15) is 41.5 Å². The number of amides is 2. The van der Waals surface area contributed by atoms with Crippen molar-refractivity contribution in [3.8, 4) is 0 Å². The Balaban J connectivity index is 2.57. The SMILES string of the molecule is CC(C)(C)OC(=O)N(C(=O)OC(C)(C)C)c1ncnc2c1cc(B(O)O)n2COCC[Si](C)(C)C. The van der Waals surface area contributed by atoms with Gasteiger partial charge in [0.2, 0.25) is 0 Å². The van der Waals surface area contributed by atoms with E-state index in [-0.39, 0.29) is 29.2 Å². The highest BCUT2D eigenvalue weighted by atomic mass is 28.3. The van der Waals surface area contributed by atoms with Gasteiger partial charge in [0, 0.05) is 14.7 Å². The second-order valence-corrected chi connectivity index (χ2v) is 17.1. The fourth-order valence-electron chi connectivity index (χ4n) is 2.99. The summed E-state index contributed by atoms with van der Waals surface area (Å²) < 4.78 is 18.1. The lowest BCUT2D eigenvalue weighted by Gasteiger charge is -2.28. The maximum Gasteiger partial charge on any atom is 0.506 e. The molecule has 0 saturated carbocycles. The third-order valence-electron chi connectivity index (χ3n) is 4.55. The number of aromatic nitrogens is 3. The van der Waals surface area contributed by atoms with E-state index in [1.165, 1.54) is 17.0 Å². The van der Waals surface area contributed by atoms with E-state index in [1.54, 1.807) is 41.5 Å². The van der Waals surface area contributed by atoms with Gasteiger partial charge in [-0.3, -0.25) is 0 Å². The van der Waals surface area contributed by atoms with Gasteiger partial charge < -0.3 is 28.8 Å². The van der Waals surface area contributed by atoms with E-state index in [2.05, 4.69) is 29.6 Å². The molecule has 0 atom stereocenters. The molecule has 0 fully saturated rings. The van der Waals surface area contributed by atoms with E-state index < -0.39 is 38.6 Å². The Bertz CT molecular complexity index is 1030. The lowest BCUT2D eigenvalue weighted by molar-refractivity contribution is 0.0429. The van der Waals surface area contributed by atoms with Crippen molar-refractivity contribution in [2.75, 3.05) is 11.5 Å². The molecule has 11 nitrogen and oxygen atoms in total. The van der Waals surface area contributed by atoms with Crippen LogP contribution >= 0.6 is 0 Å². The normalized spacial score (nSPS) is 12.5. The molecule has 2 heterocycles. The van der Waals surface area contributed by atoms with Crippen molar-refractivity contribution in [2.45, 2.75) is 85.2 Å². The third-order valence-corrected chi connectivity index (χ3v) is 6.25. The quantitative estimate of drug-likeness (QED) is 0.427. The summed E-state index contributed by atoms with van der Waals surface area (Å²) >= 11 is 0. The summed E-state index contributed by atoms with van der Waals surface area (Å²) in [5, 5.41) is 20.2. The molecule has 0 aromatic carbocycles. The van der Waals surface area contributed by atoms with Gasteiger partial charge in [0.25, 0.3) is 0 Å². The van der Waals surface area contributed by atoms with Gasteiger partial charge in [0.15, 0.2) is 5.82 Å².